The second-order valence-electron chi connectivity index (χ2n) is 6.17. The van der Waals surface area contributed by atoms with Gasteiger partial charge in [-0.3, -0.25) is 0 Å². The van der Waals surface area contributed by atoms with Gasteiger partial charge in [-0.25, -0.2) is 0 Å². The summed E-state index contributed by atoms with van der Waals surface area (Å²) in [6, 6.07) is 0. The zero-order valence-electron chi connectivity index (χ0n) is 12.6. The molecule has 0 saturated carbocycles. The third kappa shape index (κ3) is 7.30. The van der Waals surface area contributed by atoms with Crippen LogP contribution in [0.3, 0.4) is 0 Å². The van der Waals surface area contributed by atoms with E-state index in [0.717, 1.165) is 23.7 Å². The maximum absolute atomic E-state index is 2.45. The summed E-state index contributed by atoms with van der Waals surface area (Å²) in [5, 5.41) is 0. The maximum Gasteiger partial charge on any atom is -0.0414 e. The van der Waals surface area contributed by atoms with Gasteiger partial charge in [0.25, 0.3) is 0 Å². The highest BCUT2D eigenvalue weighted by atomic mass is 14.2. The molecule has 0 radical (unpaired) electrons. The molecule has 0 aromatic heterocycles. The van der Waals surface area contributed by atoms with Crippen molar-refractivity contribution >= 4 is 0 Å². The minimum absolute atomic E-state index is 0.906. The Morgan fingerprint density at radius 3 is 1.81 bits per heavy atom. The van der Waals surface area contributed by atoms with Gasteiger partial charge in [-0.2, -0.15) is 0 Å². The SMILES string of the molecule is CCCC(C)CCC(C)C(C)CC(C)CC. The van der Waals surface area contributed by atoms with E-state index in [1.165, 1.54) is 38.5 Å². The fourth-order valence-electron chi connectivity index (χ4n) is 2.50. The minimum atomic E-state index is 0.906. The normalized spacial score (nSPS) is 19.1. The molecule has 0 spiro atoms. The molecule has 0 amide bonds. The van der Waals surface area contributed by atoms with E-state index >= 15 is 0 Å². The van der Waals surface area contributed by atoms with Gasteiger partial charge in [-0.15, -0.1) is 0 Å². The molecule has 0 nitrogen and oxygen atoms in total. The van der Waals surface area contributed by atoms with Gasteiger partial charge in [0.1, 0.15) is 0 Å². The second-order valence-corrected chi connectivity index (χ2v) is 6.17. The van der Waals surface area contributed by atoms with Gasteiger partial charge < -0.3 is 0 Å². The first-order chi connectivity index (χ1) is 7.51. The Balaban J connectivity index is 3.73. The second kappa shape index (κ2) is 9.07. The van der Waals surface area contributed by atoms with Crippen molar-refractivity contribution in [1.29, 1.82) is 0 Å². The average molecular weight is 226 g/mol. The Morgan fingerprint density at radius 1 is 0.688 bits per heavy atom. The maximum atomic E-state index is 2.45. The number of rotatable bonds is 9. The molecule has 4 atom stereocenters. The summed E-state index contributed by atoms with van der Waals surface area (Å²) in [5.74, 6) is 3.66. The zero-order chi connectivity index (χ0) is 12.6. The monoisotopic (exact) mass is 226 g/mol. The van der Waals surface area contributed by atoms with Crippen molar-refractivity contribution in [2.24, 2.45) is 23.7 Å². The molecule has 0 aromatic carbocycles. The lowest BCUT2D eigenvalue weighted by molar-refractivity contribution is 0.277. The lowest BCUT2D eigenvalue weighted by atomic mass is 9.82. The van der Waals surface area contributed by atoms with E-state index in [2.05, 4.69) is 41.5 Å². The summed E-state index contributed by atoms with van der Waals surface area (Å²) >= 11 is 0. The van der Waals surface area contributed by atoms with Gasteiger partial charge in [0.05, 0.1) is 0 Å². The van der Waals surface area contributed by atoms with Crippen molar-refractivity contribution in [3.63, 3.8) is 0 Å². The first kappa shape index (κ1) is 16.0. The van der Waals surface area contributed by atoms with Crippen molar-refractivity contribution < 1.29 is 0 Å². The topological polar surface area (TPSA) is 0 Å². The van der Waals surface area contributed by atoms with Crippen LogP contribution in [0.4, 0.5) is 0 Å². The molecule has 0 aromatic rings. The molecular formula is C16H34. The molecule has 0 bridgehead atoms. The van der Waals surface area contributed by atoms with Crippen LogP contribution < -0.4 is 0 Å². The lowest BCUT2D eigenvalue weighted by Crippen LogP contribution is -2.12. The molecule has 0 heterocycles. The van der Waals surface area contributed by atoms with E-state index in [1.54, 1.807) is 0 Å². The van der Waals surface area contributed by atoms with Crippen LogP contribution >= 0.6 is 0 Å². The van der Waals surface area contributed by atoms with Gasteiger partial charge >= 0.3 is 0 Å². The summed E-state index contributed by atoms with van der Waals surface area (Å²) in [5.41, 5.74) is 0. The summed E-state index contributed by atoms with van der Waals surface area (Å²) in [6.45, 7) is 14.3. The van der Waals surface area contributed by atoms with Crippen molar-refractivity contribution in [1.82, 2.24) is 0 Å². The first-order valence-electron chi connectivity index (χ1n) is 7.51. The smallest absolute Gasteiger partial charge is 0.0414 e. The van der Waals surface area contributed by atoms with Crippen LogP contribution in [0, 0.1) is 23.7 Å². The summed E-state index contributed by atoms with van der Waals surface area (Å²) in [7, 11) is 0. The first-order valence-corrected chi connectivity index (χ1v) is 7.51. The molecule has 16 heavy (non-hydrogen) atoms. The number of hydrogen-bond donors (Lipinski definition) is 0. The van der Waals surface area contributed by atoms with Crippen LogP contribution in [-0.4, -0.2) is 0 Å². The summed E-state index contributed by atoms with van der Waals surface area (Å²) < 4.78 is 0. The van der Waals surface area contributed by atoms with Gasteiger partial charge in [0.2, 0.25) is 0 Å². The number of hydrogen-bond acceptors (Lipinski definition) is 0. The Bertz CT molecular complexity index is 150. The van der Waals surface area contributed by atoms with Gasteiger partial charge in [0, 0.05) is 0 Å². The molecule has 0 aliphatic rings. The third-order valence-corrected chi connectivity index (χ3v) is 4.34. The highest BCUT2D eigenvalue weighted by Crippen LogP contribution is 2.27. The van der Waals surface area contributed by atoms with Crippen molar-refractivity contribution in [3.05, 3.63) is 0 Å². The van der Waals surface area contributed by atoms with Crippen LogP contribution in [0.15, 0.2) is 0 Å². The van der Waals surface area contributed by atoms with Crippen molar-refractivity contribution in [3.8, 4) is 0 Å². The molecule has 4 unspecified atom stereocenters. The van der Waals surface area contributed by atoms with Crippen LogP contribution in [0.1, 0.15) is 80.1 Å². The van der Waals surface area contributed by atoms with E-state index in [1.807, 2.05) is 0 Å². The Morgan fingerprint density at radius 2 is 1.31 bits per heavy atom. The summed E-state index contributed by atoms with van der Waals surface area (Å²) in [4.78, 5) is 0. The fraction of sp³-hybridized carbons (Fsp3) is 1.00. The Labute approximate surface area is 104 Å². The minimum Gasteiger partial charge on any atom is -0.0654 e. The Kier molecular flexibility index (Phi) is 9.07. The third-order valence-electron chi connectivity index (χ3n) is 4.34. The van der Waals surface area contributed by atoms with Gasteiger partial charge in [-0.1, -0.05) is 73.6 Å². The van der Waals surface area contributed by atoms with E-state index in [-0.39, 0.29) is 0 Å². The van der Waals surface area contributed by atoms with Gasteiger partial charge in [0.15, 0.2) is 0 Å². The highest BCUT2D eigenvalue weighted by Gasteiger charge is 2.15. The molecule has 0 aliphatic carbocycles. The Hall–Kier alpha value is 0. The molecule has 0 rings (SSSR count). The van der Waals surface area contributed by atoms with Crippen LogP contribution in [0.2, 0.25) is 0 Å². The molecule has 0 fully saturated rings. The van der Waals surface area contributed by atoms with E-state index < -0.39 is 0 Å². The predicted octanol–water partition coefficient (Wildman–Crippen LogP) is 5.91. The standard InChI is InChI=1S/C16H34/c1-7-9-14(4)10-11-15(5)16(6)12-13(3)8-2/h13-16H,7-12H2,1-6H3. The van der Waals surface area contributed by atoms with Crippen molar-refractivity contribution in [2.75, 3.05) is 0 Å². The largest absolute Gasteiger partial charge is 0.0654 e. The van der Waals surface area contributed by atoms with Crippen molar-refractivity contribution in [2.45, 2.75) is 80.1 Å². The average Bonchev–Trinajstić information content (AvgIpc) is 2.25. The van der Waals surface area contributed by atoms with Gasteiger partial charge in [-0.05, 0) is 30.1 Å². The van der Waals surface area contributed by atoms with E-state index in [0.29, 0.717) is 0 Å². The fourth-order valence-corrected chi connectivity index (χ4v) is 2.50. The van der Waals surface area contributed by atoms with Crippen LogP contribution in [0.25, 0.3) is 0 Å². The molecule has 0 saturated heterocycles. The summed E-state index contributed by atoms with van der Waals surface area (Å²) in [6.07, 6.45) is 8.37. The molecule has 0 heteroatoms. The lowest BCUT2D eigenvalue weighted by Gasteiger charge is -2.23. The molecule has 0 N–H and O–H groups in total. The van der Waals surface area contributed by atoms with Crippen LogP contribution in [0.5, 0.6) is 0 Å². The molecular weight excluding hydrogens is 192 g/mol. The predicted molar refractivity (Wildman–Crippen MR) is 75.7 cm³/mol. The molecule has 98 valence electrons. The van der Waals surface area contributed by atoms with E-state index in [4.69, 9.17) is 0 Å². The quantitative estimate of drug-likeness (QED) is 0.458. The van der Waals surface area contributed by atoms with E-state index in [9.17, 15) is 0 Å². The van der Waals surface area contributed by atoms with Crippen LogP contribution in [-0.2, 0) is 0 Å². The molecule has 0 aliphatic heterocycles. The zero-order valence-corrected chi connectivity index (χ0v) is 12.6. The highest BCUT2D eigenvalue weighted by molar-refractivity contribution is 4.66.